The predicted octanol–water partition coefficient (Wildman–Crippen LogP) is 3.01. The number of amides is 2. The second kappa shape index (κ2) is 6.41. The van der Waals surface area contributed by atoms with Crippen LogP contribution in [0.15, 0.2) is 6.07 Å². The molecule has 3 saturated carbocycles. The van der Waals surface area contributed by atoms with Crippen molar-refractivity contribution in [3.63, 3.8) is 0 Å². The molecule has 0 spiro atoms. The Kier molecular flexibility index (Phi) is 4.27. The molecule has 3 aliphatic rings. The van der Waals surface area contributed by atoms with Gasteiger partial charge in [-0.25, -0.2) is 4.79 Å². The van der Waals surface area contributed by atoms with Crippen molar-refractivity contribution < 1.29 is 4.79 Å². The molecule has 2 N–H and O–H groups in total. The molecule has 5 heteroatoms. The molecule has 5 nitrogen and oxygen atoms in total. The van der Waals surface area contributed by atoms with Gasteiger partial charge in [0.05, 0.1) is 5.69 Å². The summed E-state index contributed by atoms with van der Waals surface area (Å²) in [7, 11) is 0. The van der Waals surface area contributed by atoms with E-state index in [2.05, 4.69) is 28.7 Å². The molecule has 0 aliphatic heterocycles. The van der Waals surface area contributed by atoms with Crippen molar-refractivity contribution in [3.05, 3.63) is 17.5 Å². The molecule has 1 aromatic rings. The van der Waals surface area contributed by atoms with Gasteiger partial charge in [0.2, 0.25) is 0 Å². The monoisotopic (exact) mass is 330 g/mol. The van der Waals surface area contributed by atoms with Gasteiger partial charge in [-0.15, -0.1) is 0 Å². The van der Waals surface area contributed by atoms with Crippen LogP contribution < -0.4 is 10.6 Å². The maximum Gasteiger partial charge on any atom is 0.315 e. The van der Waals surface area contributed by atoms with Gasteiger partial charge in [0, 0.05) is 24.8 Å². The van der Waals surface area contributed by atoms with Crippen LogP contribution >= 0.6 is 0 Å². The van der Waals surface area contributed by atoms with Crippen LogP contribution in [0.4, 0.5) is 4.79 Å². The van der Waals surface area contributed by atoms with Crippen LogP contribution in [0.25, 0.3) is 0 Å². The molecule has 0 radical (unpaired) electrons. The molecule has 4 rings (SSSR count). The van der Waals surface area contributed by atoms with Crippen LogP contribution in [0.5, 0.6) is 0 Å². The molecule has 1 heterocycles. The number of carbonyl (C=O) groups is 1. The zero-order chi connectivity index (χ0) is 16.7. The van der Waals surface area contributed by atoms with Gasteiger partial charge in [0.15, 0.2) is 0 Å². The Labute approximate surface area is 144 Å². The average Bonchev–Trinajstić information content (AvgIpc) is 3.25. The van der Waals surface area contributed by atoms with Crippen LogP contribution in [0.2, 0.25) is 0 Å². The van der Waals surface area contributed by atoms with E-state index >= 15 is 0 Å². The molecule has 5 unspecified atom stereocenters. The van der Waals surface area contributed by atoms with E-state index in [1.54, 1.807) is 0 Å². The minimum absolute atomic E-state index is 0.0236. The molecule has 24 heavy (non-hydrogen) atoms. The van der Waals surface area contributed by atoms with Gasteiger partial charge in [-0.05, 0) is 75.7 Å². The molecule has 3 aliphatic carbocycles. The van der Waals surface area contributed by atoms with E-state index in [1.165, 1.54) is 37.8 Å². The van der Waals surface area contributed by atoms with E-state index in [1.807, 2.05) is 11.6 Å². The highest BCUT2D eigenvalue weighted by atomic mass is 16.2. The normalized spacial score (nSPS) is 33.7. The summed E-state index contributed by atoms with van der Waals surface area (Å²) in [5.41, 5.74) is 2.24. The highest BCUT2D eigenvalue weighted by Crippen LogP contribution is 2.58. The topological polar surface area (TPSA) is 59.0 Å². The molecular formula is C19H30N4O. The molecule has 2 amide bonds. The van der Waals surface area contributed by atoms with Crippen LogP contribution in [-0.4, -0.2) is 28.4 Å². The van der Waals surface area contributed by atoms with Crippen molar-refractivity contribution in [2.75, 3.05) is 6.54 Å². The zero-order valence-corrected chi connectivity index (χ0v) is 14.9. The number of hydrogen-bond donors (Lipinski definition) is 2. The fraction of sp³-hybridized carbons (Fsp3) is 0.789. The van der Waals surface area contributed by atoms with Gasteiger partial charge in [-0.3, -0.25) is 4.68 Å². The molecule has 1 aromatic heterocycles. The van der Waals surface area contributed by atoms with Crippen LogP contribution in [0.3, 0.4) is 0 Å². The maximum atomic E-state index is 12.2. The largest absolute Gasteiger partial charge is 0.338 e. The highest BCUT2D eigenvalue weighted by molar-refractivity contribution is 5.74. The molecule has 3 fully saturated rings. The van der Waals surface area contributed by atoms with Crippen molar-refractivity contribution in [1.29, 1.82) is 0 Å². The summed E-state index contributed by atoms with van der Waals surface area (Å²) in [5, 5.41) is 10.8. The van der Waals surface area contributed by atoms with E-state index in [4.69, 9.17) is 0 Å². The first-order chi connectivity index (χ1) is 11.6. The lowest BCUT2D eigenvalue weighted by molar-refractivity contribution is 0.198. The second-order valence-electron chi connectivity index (χ2n) is 8.16. The third-order valence-electron chi connectivity index (χ3n) is 6.68. The summed E-state index contributed by atoms with van der Waals surface area (Å²) in [4.78, 5) is 12.2. The van der Waals surface area contributed by atoms with E-state index in [-0.39, 0.29) is 6.03 Å². The lowest BCUT2D eigenvalue weighted by Crippen LogP contribution is -2.47. The van der Waals surface area contributed by atoms with Gasteiger partial charge in [-0.1, -0.05) is 6.42 Å². The number of carbonyl (C=O) groups excluding carboxylic acids is 1. The first kappa shape index (κ1) is 16.0. The summed E-state index contributed by atoms with van der Waals surface area (Å²) in [6, 6.07) is 2.53. The standard InChI is InChI=1S/C19H30N4O/c1-12-9-13(2)23(22-12)8-4-7-20-19(24)21-18-11-14-10-17(18)16-6-3-5-15(14)16/h9,14-18H,3-8,10-11H2,1-2H3,(H2,20,21,24). The van der Waals surface area contributed by atoms with E-state index < -0.39 is 0 Å². The number of hydrogen-bond acceptors (Lipinski definition) is 2. The van der Waals surface area contributed by atoms with E-state index in [0.717, 1.165) is 42.3 Å². The summed E-state index contributed by atoms with van der Waals surface area (Å²) >= 11 is 0. The maximum absolute atomic E-state index is 12.2. The van der Waals surface area contributed by atoms with Crippen LogP contribution in [0.1, 0.15) is 49.9 Å². The minimum Gasteiger partial charge on any atom is -0.338 e. The molecule has 2 bridgehead atoms. The number of urea groups is 1. The minimum atomic E-state index is 0.0236. The van der Waals surface area contributed by atoms with Crippen molar-refractivity contribution >= 4 is 6.03 Å². The SMILES string of the molecule is Cc1cc(C)n(CCCNC(=O)NC2CC3CC2C2CCCC32)n1. The number of nitrogens with zero attached hydrogens (tertiary/aromatic N) is 2. The first-order valence-electron chi connectivity index (χ1n) is 9.67. The molecular weight excluding hydrogens is 300 g/mol. The van der Waals surface area contributed by atoms with Gasteiger partial charge in [-0.2, -0.15) is 5.10 Å². The number of nitrogens with one attached hydrogen (secondary N) is 2. The number of fused-ring (bicyclic) bond motifs is 5. The summed E-state index contributed by atoms with van der Waals surface area (Å²) < 4.78 is 2.02. The van der Waals surface area contributed by atoms with E-state index in [0.29, 0.717) is 12.6 Å². The van der Waals surface area contributed by atoms with Crippen molar-refractivity contribution in [1.82, 2.24) is 20.4 Å². The lowest BCUT2D eigenvalue weighted by atomic mass is 9.79. The summed E-state index contributed by atoms with van der Waals surface area (Å²) in [5.74, 6) is 3.53. The quantitative estimate of drug-likeness (QED) is 0.815. The molecule has 132 valence electrons. The van der Waals surface area contributed by atoms with Gasteiger partial charge < -0.3 is 10.6 Å². The molecule has 0 aromatic carbocycles. The fourth-order valence-electron chi connectivity index (χ4n) is 5.79. The Hall–Kier alpha value is -1.52. The fourth-order valence-corrected chi connectivity index (χ4v) is 5.79. The highest BCUT2D eigenvalue weighted by Gasteiger charge is 2.53. The zero-order valence-electron chi connectivity index (χ0n) is 14.9. The Morgan fingerprint density at radius 2 is 2.08 bits per heavy atom. The van der Waals surface area contributed by atoms with Gasteiger partial charge >= 0.3 is 6.03 Å². The second-order valence-corrected chi connectivity index (χ2v) is 8.16. The summed E-state index contributed by atoms with van der Waals surface area (Å²) in [6.45, 7) is 5.65. The van der Waals surface area contributed by atoms with Crippen LogP contribution in [-0.2, 0) is 6.54 Å². The Morgan fingerprint density at radius 1 is 1.25 bits per heavy atom. The van der Waals surface area contributed by atoms with Crippen molar-refractivity contribution in [2.24, 2.45) is 23.7 Å². The smallest absolute Gasteiger partial charge is 0.315 e. The third kappa shape index (κ3) is 2.93. The van der Waals surface area contributed by atoms with Gasteiger partial charge in [0.1, 0.15) is 0 Å². The molecule has 0 saturated heterocycles. The Morgan fingerprint density at radius 3 is 2.88 bits per heavy atom. The number of aryl methyl sites for hydroxylation is 3. The Bertz CT molecular complexity index is 611. The third-order valence-corrected chi connectivity index (χ3v) is 6.68. The predicted molar refractivity (Wildman–Crippen MR) is 93.7 cm³/mol. The van der Waals surface area contributed by atoms with Crippen molar-refractivity contribution in [2.45, 2.75) is 65.0 Å². The van der Waals surface area contributed by atoms with Gasteiger partial charge in [0.25, 0.3) is 0 Å². The molecule has 5 atom stereocenters. The Balaban J connectivity index is 1.19. The number of aromatic nitrogens is 2. The summed E-state index contributed by atoms with van der Waals surface area (Å²) in [6.07, 6.45) is 7.74. The number of rotatable bonds is 5. The average molecular weight is 330 g/mol. The van der Waals surface area contributed by atoms with Crippen LogP contribution in [0, 0.1) is 37.5 Å². The van der Waals surface area contributed by atoms with Crippen molar-refractivity contribution in [3.8, 4) is 0 Å². The lowest BCUT2D eigenvalue weighted by Gasteiger charge is -2.32. The first-order valence-corrected chi connectivity index (χ1v) is 9.67. The van der Waals surface area contributed by atoms with E-state index in [9.17, 15) is 4.79 Å².